The highest BCUT2D eigenvalue weighted by Crippen LogP contribution is 2.21. The van der Waals surface area contributed by atoms with E-state index in [1.54, 1.807) is 18.3 Å². The van der Waals surface area contributed by atoms with Gasteiger partial charge in [-0.3, -0.25) is 9.59 Å². The minimum absolute atomic E-state index is 0.291. The summed E-state index contributed by atoms with van der Waals surface area (Å²) in [5, 5.41) is 9.50. The predicted octanol–water partition coefficient (Wildman–Crippen LogP) is 3.35. The molecule has 0 radical (unpaired) electrons. The smallest absolute Gasteiger partial charge is 0.323 e. The van der Waals surface area contributed by atoms with Crippen molar-refractivity contribution in [2.75, 3.05) is 0 Å². The fourth-order valence-corrected chi connectivity index (χ4v) is 3.48. The molecule has 7 heteroatoms. The Labute approximate surface area is 159 Å². The number of thioether (sulfide) groups is 1. The second-order valence-electron chi connectivity index (χ2n) is 5.95. The van der Waals surface area contributed by atoms with Crippen LogP contribution in [0.1, 0.15) is 16.7 Å². The summed E-state index contributed by atoms with van der Waals surface area (Å²) in [5.41, 5.74) is 1.87. The molecule has 3 aromatic rings. The maximum absolute atomic E-state index is 13.0. The normalized spacial score (nSPS) is 10.7. The molecule has 0 aliphatic rings. The summed E-state index contributed by atoms with van der Waals surface area (Å²) in [7, 11) is 0. The Bertz CT molecular complexity index is 988. The molecule has 0 aliphatic heterocycles. The van der Waals surface area contributed by atoms with Crippen molar-refractivity contribution in [1.29, 1.82) is 0 Å². The van der Waals surface area contributed by atoms with Crippen LogP contribution in [0.5, 0.6) is 0 Å². The summed E-state index contributed by atoms with van der Waals surface area (Å²) in [6.45, 7) is -0.291. The van der Waals surface area contributed by atoms with Crippen LogP contribution in [0.15, 0.2) is 70.7 Å². The average Bonchev–Trinajstić information content (AvgIpc) is 2.65. The topological polar surface area (TPSA) is 72.2 Å². The Morgan fingerprint density at radius 1 is 1.07 bits per heavy atom. The van der Waals surface area contributed by atoms with E-state index in [0.29, 0.717) is 22.9 Å². The van der Waals surface area contributed by atoms with Gasteiger partial charge in [0.05, 0.1) is 0 Å². The van der Waals surface area contributed by atoms with Gasteiger partial charge >= 0.3 is 5.97 Å². The number of hydrogen-bond donors (Lipinski definition) is 1. The molecular weight excluding hydrogens is 367 g/mol. The van der Waals surface area contributed by atoms with Crippen LogP contribution < -0.4 is 5.56 Å². The van der Waals surface area contributed by atoms with Crippen LogP contribution in [0.4, 0.5) is 4.39 Å². The summed E-state index contributed by atoms with van der Waals surface area (Å²) in [6, 6.07) is 15.5. The number of carbonyl (C=O) groups is 1. The second kappa shape index (κ2) is 8.64. The van der Waals surface area contributed by atoms with Gasteiger partial charge in [0.1, 0.15) is 12.4 Å². The number of nitrogens with zero attached hydrogens (tertiary/aromatic N) is 2. The molecule has 0 spiro atoms. The lowest BCUT2D eigenvalue weighted by Crippen LogP contribution is -2.22. The maximum Gasteiger partial charge on any atom is 0.323 e. The van der Waals surface area contributed by atoms with E-state index >= 15 is 0 Å². The van der Waals surface area contributed by atoms with E-state index in [4.69, 9.17) is 0 Å². The minimum Gasteiger partial charge on any atom is -0.480 e. The van der Waals surface area contributed by atoms with E-state index in [2.05, 4.69) is 4.98 Å². The zero-order valence-corrected chi connectivity index (χ0v) is 15.2. The van der Waals surface area contributed by atoms with Gasteiger partial charge in [0.25, 0.3) is 5.56 Å². The number of hydrogen-bond acceptors (Lipinski definition) is 4. The third-order valence-corrected chi connectivity index (χ3v) is 4.92. The highest BCUT2D eigenvalue weighted by molar-refractivity contribution is 7.98. The molecule has 0 aliphatic carbocycles. The summed E-state index contributed by atoms with van der Waals surface area (Å²) in [6.07, 6.45) is 1.94. The third-order valence-electron chi connectivity index (χ3n) is 3.85. The van der Waals surface area contributed by atoms with E-state index in [1.807, 2.05) is 30.3 Å². The molecule has 5 nitrogen and oxygen atoms in total. The fraction of sp³-hybridized carbons (Fsp3) is 0.150. The Morgan fingerprint density at radius 3 is 2.44 bits per heavy atom. The Balaban J connectivity index is 1.85. The summed E-state index contributed by atoms with van der Waals surface area (Å²) >= 11 is 1.24. The SMILES string of the molecule is O=C(O)Cn1cc(Cc2ccccc2)c(=O)nc1SCc1ccc(F)cc1. The first-order chi connectivity index (χ1) is 13.0. The van der Waals surface area contributed by atoms with Crippen molar-refractivity contribution in [3.8, 4) is 0 Å². The van der Waals surface area contributed by atoms with Gasteiger partial charge in [-0.15, -0.1) is 0 Å². The fourth-order valence-electron chi connectivity index (χ4n) is 2.56. The van der Waals surface area contributed by atoms with Gasteiger partial charge in [-0.25, -0.2) is 4.39 Å². The monoisotopic (exact) mass is 384 g/mol. The lowest BCUT2D eigenvalue weighted by Gasteiger charge is -2.12. The van der Waals surface area contributed by atoms with E-state index in [0.717, 1.165) is 11.1 Å². The van der Waals surface area contributed by atoms with Crippen LogP contribution in [0.2, 0.25) is 0 Å². The van der Waals surface area contributed by atoms with Gasteiger partial charge in [0.15, 0.2) is 5.16 Å². The van der Waals surface area contributed by atoms with Gasteiger partial charge in [-0.1, -0.05) is 54.2 Å². The summed E-state index contributed by atoms with van der Waals surface area (Å²) in [5.74, 6) is -0.894. The number of carboxylic acid groups (broad SMARTS) is 1. The number of carboxylic acids is 1. The molecule has 0 saturated heterocycles. The molecule has 1 aromatic heterocycles. The van der Waals surface area contributed by atoms with Crippen molar-refractivity contribution in [2.24, 2.45) is 0 Å². The molecule has 3 rings (SSSR count). The average molecular weight is 384 g/mol. The standard InChI is InChI=1S/C20H17FN2O3S/c21-17-8-6-15(7-9-17)13-27-20-22-19(26)16(11-23(20)12-18(24)25)10-14-4-2-1-3-5-14/h1-9,11H,10,12-13H2,(H,24,25). The van der Waals surface area contributed by atoms with Gasteiger partial charge in [0.2, 0.25) is 0 Å². The van der Waals surface area contributed by atoms with E-state index in [9.17, 15) is 19.1 Å². The first kappa shape index (κ1) is 18.8. The number of halogens is 1. The van der Waals surface area contributed by atoms with Crippen LogP contribution in [-0.2, 0) is 23.5 Å². The molecule has 0 atom stereocenters. The van der Waals surface area contributed by atoms with Gasteiger partial charge in [0, 0.05) is 23.9 Å². The van der Waals surface area contributed by atoms with E-state index < -0.39 is 5.97 Å². The first-order valence-electron chi connectivity index (χ1n) is 8.24. The Hall–Kier alpha value is -2.93. The van der Waals surface area contributed by atoms with Crippen molar-refractivity contribution in [3.63, 3.8) is 0 Å². The van der Waals surface area contributed by atoms with Gasteiger partial charge < -0.3 is 9.67 Å². The number of aromatic nitrogens is 2. The zero-order valence-electron chi connectivity index (χ0n) is 14.3. The maximum atomic E-state index is 13.0. The molecule has 0 unspecified atom stereocenters. The molecule has 27 heavy (non-hydrogen) atoms. The Kier molecular flexibility index (Phi) is 6.03. The van der Waals surface area contributed by atoms with Crippen LogP contribution >= 0.6 is 11.8 Å². The van der Waals surface area contributed by atoms with Crippen LogP contribution in [0.25, 0.3) is 0 Å². The van der Waals surface area contributed by atoms with Crippen molar-refractivity contribution in [3.05, 3.63) is 93.7 Å². The second-order valence-corrected chi connectivity index (χ2v) is 6.90. The molecule has 2 aromatic carbocycles. The van der Waals surface area contributed by atoms with Crippen LogP contribution in [0.3, 0.4) is 0 Å². The van der Waals surface area contributed by atoms with Crippen molar-refractivity contribution in [1.82, 2.24) is 9.55 Å². The minimum atomic E-state index is -1.02. The first-order valence-corrected chi connectivity index (χ1v) is 9.23. The van der Waals surface area contributed by atoms with E-state index in [1.165, 1.54) is 28.5 Å². The van der Waals surface area contributed by atoms with Gasteiger partial charge in [-0.05, 0) is 23.3 Å². The quantitative estimate of drug-likeness (QED) is 0.500. The molecule has 0 bridgehead atoms. The predicted molar refractivity (Wildman–Crippen MR) is 101 cm³/mol. The number of rotatable bonds is 7. The van der Waals surface area contributed by atoms with Crippen LogP contribution in [0, 0.1) is 5.82 Å². The number of benzene rings is 2. The lowest BCUT2D eigenvalue weighted by molar-refractivity contribution is -0.137. The largest absolute Gasteiger partial charge is 0.480 e. The zero-order chi connectivity index (χ0) is 19.2. The van der Waals surface area contributed by atoms with E-state index in [-0.39, 0.29) is 17.9 Å². The molecule has 0 saturated carbocycles. The molecule has 1 heterocycles. The van der Waals surface area contributed by atoms with Crippen molar-refractivity contribution >= 4 is 17.7 Å². The third kappa shape index (κ3) is 5.27. The van der Waals surface area contributed by atoms with Crippen LogP contribution in [-0.4, -0.2) is 20.6 Å². The summed E-state index contributed by atoms with van der Waals surface area (Å²) < 4.78 is 14.5. The highest BCUT2D eigenvalue weighted by atomic mass is 32.2. The molecule has 138 valence electrons. The number of aliphatic carboxylic acids is 1. The van der Waals surface area contributed by atoms with Crippen molar-refractivity contribution in [2.45, 2.75) is 23.9 Å². The summed E-state index contributed by atoms with van der Waals surface area (Å²) in [4.78, 5) is 27.7. The Morgan fingerprint density at radius 2 is 1.78 bits per heavy atom. The highest BCUT2D eigenvalue weighted by Gasteiger charge is 2.12. The van der Waals surface area contributed by atoms with Crippen molar-refractivity contribution < 1.29 is 14.3 Å². The molecule has 1 N–H and O–H groups in total. The molecule has 0 fully saturated rings. The lowest BCUT2D eigenvalue weighted by atomic mass is 10.1. The molecular formula is C20H17FN2O3S. The van der Waals surface area contributed by atoms with Gasteiger partial charge in [-0.2, -0.15) is 4.98 Å². The molecule has 0 amide bonds.